The van der Waals surface area contributed by atoms with Crippen LogP contribution in [0.25, 0.3) is 0 Å². The first kappa shape index (κ1) is 16.7. The van der Waals surface area contributed by atoms with Crippen LogP contribution in [0.15, 0.2) is 0 Å². The van der Waals surface area contributed by atoms with E-state index in [-0.39, 0.29) is 24.6 Å². The van der Waals surface area contributed by atoms with Gasteiger partial charge >= 0.3 is 12.0 Å². The summed E-state index contributed by atoms with van der Waals surface area (Å²) >= 11 is 0. The van der Waals surface area contributed by atoms with Gasteiger partial charge in [0.1, 0.15) is 6.54 Å². The lowest BCUT2D eigenvalue weighted by Gasteiger charge is -2.24. The van der Waals surface area contributed by atoms with Crippen molar-refractivity contribution >= 4 is 12.0 Å². The second-order valence-electron chi connectivity index (χ2n) is 4.62. The number of carbonyl (C=O) groups excluding carboxylic acids is 1. The molecule has 6 heteroatoms. The van der Waals surface area contributed by atoms with Gasteiger partial charge in [-0.1, -0.05) is 13.8 Å². The van der Waals surface area contributed by atoms with Gasteiger partial charge in [-0.05, 0) is 19.8 Å². The number of hydrogen-bond donors (Lipinski definition) is 2. The minimum Gasteiger partial charge on any atom is -0.480 e. The topological polar surface area (TPSA) is 78.9 Å². The fourth-order valence-corrected chi connectivity index (χ4v) is 1.51. The van der Waals surface area contributed by atoms with E-state index < -0.39 is 5.97 Å². The predicted octanol–water partition coefficient (Wildman–Crippen LogP) is 1.16. The summed E-state index contributed by atoms with van der Waals surface area (Å²) < 4.78 is 5.28. The lowest BCUT2D eigenvalue weighted by molar-refractivity contribution is -0.137. The van der Waals surface area contributed by atoms with E-state index in [0.29, 0.717) is 19.7 Å². The minimum atomic E-state index is -1.01. The van der Waals surface area contributed by atoms with E-state index in [1.54, 1.807) is 0 Å². The standard InChI is InChI=1S/C12H24N2O4/c1-5-18-10(4)6-13-12(17)14(7-9(2)3)8-11(15)16/h9-10H,5-8H2,1-4H3,(H,13,17)(H,15,16). The molecule has 0 radical (unpaired) electrons. The van der Waals surface area contributed by atoms with E-state index in [1.807, 2.05) is 27.7 Å². The number of nitrogens with zero attached hydrogens (tertiary/aromatic N) is 1. The molecule has 0 fully saturated rings. The Balaban J connectivity index is 4.24. The molecule has 0 spiro atoms. The molecule has 0 aromatic rings. The summed E-state index contributed by atoms with van der Waals surface area (Å²) in [6.45, 7) is 8.70. The van der Waals surface area contributed by atoms with Gasteiger partial charge in [0.2, 0.25) is 0 Å². The van der Waals surface area contributed by atoms with Gasteiger partial charge in [0, 0.05) is 19.7 Å². The third kappa shape index (κ3) is 7.89. The molecule has 2 N–H and O–H groups in total. The van der Waals surface area contributed by atoms with Gasteiger partial charge in [0.15, 0.2) is 0 Å². The van der Waals surface area contributed by atoms with Crippen molar-refractivity contribution in [1.82, 2.24) is 10.2 Å². The summed E-state index contributed by atoms with van der Waals surface area (Å²) in [4.78, 5) is 23.8. The summed E-state index contributed by atoms with van der Waals surface area (Å²) in [5.74, 6) is -0.789. The molecular formula is C12H24N2O4. The number of aliphatic carboxylic acids is 1. The Morgan fingerprint density at radius 1 is 1.33 bits per heavy atom. The van der Waals surface area contributed by atoms with E-state index in [0.717, 1.165) is 0 Å². The summed E-state index contributed by atoms with van der Waals surface area (Å²) in [5, 5.41) is 11.4. The van der Waals surface area contributed by atoms with Crippen molar-refractivity contribution in [2.45, 2.75) is 33.8 Å². The molecule has 0 rings (SSSR count). The van der Waals surface area contributed by atoms with Crippen molar-refractivity contribution in [3.8, 4) is 0 Å². The molecule has 18 heavy (non-hydrogen) atoms. The van der Waals surface area contributed by atoms with Crippen LogP contribution >= 0.6 is 0 Å². The number of hydrogen-bond acceptors (Lipinski definition) is 3. The SMILES string of the molecule is CCOC(C)CNC(=O)N(CC(=O)O)CC(C)C. The van der Waals surface area contributed by atoms with Crippen LogP contribution < -0.4 is 5.32 Å². The molecule has 0 aliphatic carbocycles. The van der Waals surface area contributed by atoms with Gasteiger partial charge in [-0.3, -0.25) is 4.79 Å². The quantitative estimate of drug-likeness (QED) is 0.686. The Morgan fingerprint density at radius 3 is 2.39 bits per heavy atom. The molecule has 0 saturated carbocycles. The lowest BCUT2D eigenvalue weighted by atomic mass is 10.2. The van der Waals surface area contributed by atoms with Gasteiger partial charge in [-0.25, -0.2) is 4.79 Å². The van der Waals surface area contributed by atoms with E-state index in [1.165, 1.54) is 4.90 Å². The third-order valence-electron chi connectivity index (χ3n) is 2.19. The Bertz CT molecular complexity index is 269. The Hall–Kier alpha value is -1.30. The number of amides is 2. The predicted molar refractivity (Wildman–Crippen MR) is 68.5 cm³/mol. The van der Waals surface area contributed by atoms with Gasteiger partial charge in [-0.15, -0.1) is 0 Å². The molecule has 2 amide bonds. The van der Waals surface area contributed by atoms with E-state index in [9.17, 15) is 9.59 Å². The molecule has 0 aromatic heterocycles. The lowest BCUT2D eigenvalue weighted by Crippen LogP contribution is -2.46. The van der Waals surface area contributed by atoms with Crippen molar-refractivity contribution in [1.29, 1.82) is 0 Å². The maximum Gasteiger partial charge on any atom is 0.323 e. The number of rotatable bonds is 8. The Kier molecular flexibility index (Phi) is 8.11. The molecular weight excluding hydrogens is 236 g/mol. The van der Waals surface area contributed by atoms with Crippen LogP contribution in [-0.2, 0) is 9.53 Å². The van der Waals surface area contributed by atoms with Crippen LogP contribution in [0.2, 0.25) is 0 Å². The maximum absolute atomic E-state index is 11.8. The summed E-state index contributed by atoms with van der Waals surface area (Å²) in [7, 11) is 0. The van der Waals surface area contributed by atoms with Crippen molar-refractivity contribution in [3.63, 3.8) is 0 Å². The summed E-state index contributed by atoms with van der Waals surface area (Å²) in [6.07, 6.45) is -0.0790. The first-order valence-corrected chi connectivity index (χ1v) is 6.23. The molecule has 0 aliphatic heterocycles. The number of urea groups is 1. The third-order valence-corrected chi connectivity index (χ3v) is 2.19. The van der Waals surface area contributed by atoms with Crippen molar-refractivity contribution in [2.75, 3.05) is 26.2 Å². The highest BCUT2D eigenvalue weighted by molar-refractivity contribution is 5.80. The number of carboxylic acid groups (broad SMARTS) is 1. The smallest absolute Gasteiger partial charge is 0.323 e. The first-order valence-electron chi connectivity index (χ1n) is 6.23. The normalized spacial score (nSPS) is 12.3. The average molecular weight is 260 g/mol. The largest absolute Gasteiger partial charge is 0.480 e. The Labute approximate surface area is 108 Å². The van der Waals surface area contributed by atoms with E-state index in [4.69, 9.17) is 9.84 Å². The molecule has 0 aliphatic rings. The highest BCUT2D eigenvalue weighted by Gasteiger charge is 2.18. The molecule has 0 bridgehead atoms. The van der Waals surface area contributed by atoms with Crippen LogP contribution in [0.4, 0.5) is 4.79 Å². The second-order valence-corrected chi connectivity index (χ2v) is 4.62. The van der Waals surface area contributed by atoms with Crippen LogP contribution in [0.3, 0.4) is 0 Å². The Morgan fingerprint density at radius 2 is 1.94 bits per heavy atom. The van der Waals surface area contributed by atoms with Crippen LogP contribution in [-0.4, -0.2) is 54.4 Å². The zero-order valence-electron chi connectivity index (χ0n) is 11.6. The molecule has 0 aromatic carbocycles. The van der Waals surface area contributed by atoms with Crippen LogP contribution in [0.5, 0.6) is 0 Å². The fraction of sp³-hybridized carbons (Fsp3) is 0.833. The molecule has 1 atom stereocenters. The highest BCUT2D eigenvalue weighted by atomic mass is 16.5. The van der Waals surface area contributed by atoms with E-state index >= 15 is 0 Å². The van der Waals surface area contributed by atoms with E-state index in [2.05, 4.69) is 5.32 Å². The molecule has 0 saturated heterocycles. The number of nitrogens with one attached hydrogen (secondary N) is 1. The summed E-state index contributed by atoms with van der Waals surface area (Å²) in [5.41, 5.74) is 0. The average Bonchev–Trinajstić information content (AvgIpc) is 2.24. The van der Waals surface area contributed by atoms with Crippen molar-refractivity contribution in [2.24, 2.45) is 5.92 Å². The molecule has 6 nitrogen and oxygen atoms in total. The van der Waals surface area contributed by atoms with Crippen LogP contribution in [0, 0.1) is 5.92 Å². The van der Waals surface area contributed by atoms with Gasteiger partial charge in [-0.2, -0.15) is 0 Å². The molecule has 0 heterocycles. The fourth-order valence-electron chi connectivity index (χ4n) is 1.51. The van der Waals surface area contributed by atoms with Gasteiger partial charge in [0.05, 0.1) is 6.10 Å². The minimum absolute atomic E-state index is 0.0790. The monoisotopic (exact) mass is 260 g/mol. The number of carbonyl (C=O) groups is 2. The first-order chi connectivity index (χ1) is 8.36. The highest BCUT2D eigenvalue weighted by Crippen LogP contribution is 1.99. The maximum atomic E-state index is 11.8. The van der Waals surface area contributed by atoms with Gasteiger partial charge < -0.3 is 20.1 Å². The van der Waals surface area contributed by atoms with Crippen molar-refractivity contribution in [3.05, 3.63) is 0 Å². The zero-order valence-corrected chi connectivity index (χ0v) is 11.6. The molecule has 106 valence electrons. The van der Waals surface area contributed by atoms with Crippen LogP contribution in [0.1, 0.15) is 27.7 Å². The second kappa shape index (κ2) is 8.74. The molecule has 1 unspecified atom stereocenters. The number of carboxylic acids is 1. The number of ether oxygens (including phenoxy) is 1. The zero-order chi connectivity index (χ0) is 14.1. The summed E-state index contributed by atoms with van der Waals surface area (Å²) in [6, 6.07) is -0.363. The van der Waals surface area contributed by atoms with Crippen molar-refractivity contribution < 1.29 is 19.4 Å². The van der Waals surface area contributed by atoms with Gasteiger partial charge in [0.25, 0.3) is 0 Å².